The van der Waals surface area contributed by atoms with Gasteiger partial charge in [0.05, 0.1) is 12.7 Å². The summed E-state index contributed by atoms with van der Waals surface area (Å²) in [6, 6.07) is 12.2. The van der Waals surface area contributed by atoms with Gasteiger partial charge < -0.3 is 14.8 Å². The summed E-state index contributed by atoms with van der Waals surface area (Å²) in [6.07, 6.45) is 2.12. The van der Waals surface area contributed by atoms with Crippen molar-refractivity contribution in [3.8, 4) is 11.6 Å². The maximum Gasteiger partial charge on any atom is 0.198 e. The maximum absolute atomic E-state index is 13.5. The first-order valence-electron chi connectivity index (χ1n) is 7.31. The summed E-state index contributed by atoms with van der Waals surface area (Å²) in [7, 11) is 1.59. The van der Waals surface area contributed by atoms with E-state index in [0.717, 1.165) is 10.9 Å². The first kappa shape index (κ1) is 15.1. The molecule has 1 heterocycles. The summed E-state index contributed by atoms with van der Waals surface area (Å²) >= 11 is 0. The van der Waals surface area contributed by atoms with Gasteiger partial charge in [-0.25, -0.2) is 4.39 Å². The van der Waals surface area contributed by atoms with Crippen molar-refractivity contribution in [3.63, 3.8) is 0 Å². The molecule has 2 aromatic carbocycles. The Balaban J connectivity index is 1.78. The van der Waals surface area contributed by atoms with Gasteiger partial charge in [0.1, 0.15) is 11.6 Å². The molecule has 0 aliphatic rings. The molecule has 5 heteroatoms. The van der Waals surface area contributed by atoms with E-state index in [1.165, 1.54) is 6.07 Å². The third kappa shape index (κ3) is 3.18. The number of hydrogen-bond acceptors (Lipinski definition) is 3. The van der Waals surface area contributed by atoms with Crippen LogP contribution in [0, 0.1) is 5.82 Å². The average Bonchev–Trinajstić information content (AvgIpc) is 2.87. The molecule has 1 aromatic heterocycles. The number of methoxy groups -OCH3 is 1. The lowest BCUT2D eigenvalue weighted by Crippen LogP contribution is -1.94. The third-order valence-corrected chi connectivity index (χ3v) is 3.71. The molecular formula is C18H17FN2O2. The smallest absolute Gasteiger partial charge is 0.198 e. The highest BCUT2D eigenvalue weighted by molar-refractivity contribution is 6.02. The number of hydrogen-bond donors (Lipinski definition) is 2. The highest BCUT2D eigenvalue weighted by atomic mass is 19.1. The fourth-order valence-corrected chi connectivity index (χ4v) is 2.48. The van der Waals surface area contributed by atoms with Crippen LogP contribution >= 0.6 is 0 Å². The predicted molar refractivity (Wildman–Crippen MR) is 89.1 cm³/mol. The number of nitrogens with zero attached hydrogens (tertiary/aromatic N) is 1. The van der Waals surface area contributed by atoms with Gasteiger partial charge in [0, 0.05) is 23.7 Å². The number of benzene rings is 2. The molecule has 0 aliphatic carbocycles. The number of fused-ring (bicyclic) bond motifs is 1. The fraction of sp³-hybridized carbons (Fsp3) is 0.167. The third-order valence-electron chi connectivity index (χ3n) is 3.71. The SMILES string of the molecule is COc1ccc2[nH]c(O)c(C=NCCc3ccccc3F)c2c1. The molecule has 3 aromatic rings. The van der Waals surface area contributed by atoms with Gasteiger partial charge in [-0.2, -0.15) is 0 Å². The summed E-state index contributed by atoms with van der Waals surface area (Å²) in [5.41, 5.74) is 2.04. The van der Waals surface area contributed by atoms with Crippen molar-refractivity contribution < 1.29 is 14.2 Å². The van der Waals surface area contributed by atoms with E-state index in [9.17, 15) is 9.50 Å². The lowest BCUT2D eigenvalue weighted by Gasteiger charge is -2.00. The van der Waals surface area contributed by atoms with Crippen LogP contribution < -0.4 is 4.74 Å². The summed E-state index contributed by atoms with van der Waals surface area (Å²) in [5, 5.41) is 10.8. The second kappa shape index (κ2) is 6.52. The first-order valence-corrected chi connectivity index (χ1v) is 7.31. The Hall–Kier alpha value is -2.82. The van der Waals surface area contributed by atoms with Crippen LogP contribution in [0.1, 0.15) is 11.1 Å². The quantitative estimate of drug-likeness (QED) is 0.706. The number of rotatable bonds is 5. The maximum atomic E-state index is 13.5. The second-order valence-corrected chi connectivity index (χ2v) is 5.18. The Kier molecular flexibility index (Phi) is 4.28. The molecule has 0 saturated heterocycles. The van der Waals surface area contributed by atoms with Crippen molar-refractivity contribution in [2.24, 2.45) is 4.99 Å². The summed E-state index contributed by atoms with van der Waals surface area (Å²) in [6.45, 7) is 0.441. The van der Waals surface area contributed by atoms with Gasteiger partial charge in [-0.05, 0) is 36.2 Å². The van der Waals surface area contributed by atoms with Gasteiger partial charge in [0.25, 0.3) is 0 Å². The van der Waals surface area contributed by atoms with Crippen LogP contribution in [0.2, 0.25) is 0 Å². The molecule has 0 amide bonds. The normalized spacial score (nSPS) is 11.4. The lowest BCUT2D eigenvalue weighted by atomic mass is 10.1. The van der Waals surface area contributed by atoms with Crippen molar-refractivity contribution in [2.75, 3.05) is 13.7 Å². The molecule has 0 aliphatic heterocycles. The lowest BCUT2D eigenvalue weighted by molar-refractivity contribution is 0.415. The number of nitrogens with one attached hydrogen (secondary N) is 1. The molecule has 4 nitrogen and oxygen atoms in total. The zero-order chi connectivity index (χ0) is 16.2. The van der Waals surface area contributed by atoms with Crippen molar-refractivity contribution in [1.82, 2.24) is 4.98 Å². The number of aromatic amines is 1. The van der Waals surface area contributed by atoms with E-state index in [1.807, 2.05) is 18.2 Å². The van der Waals surface area contributed by atoms with Crippen molar-refractivity contribution in [2.45, 2.75) is 6.42 Å². The Bertz CT molecular complexity index is 855. The highest BCUT2D eigenvalue weighted by Gasteiger charge is 2.09. The van der Waals surface area contributed by atoms with E-state index < -0.39 is 0 Å². The topological polar surface area (TPSA) is 57.6 Å². The monoisotopic (exact) mass is 312 g/mol. The van der Waals surface area contributed by atoms with Gasteiger partial charge in [0.15, 0.2) is 5.88 Å². The molecule has 118 valence electrons. The number of H-pyrrole nitrogens is 1. The predicted octanol–water partition coefficient (Wildman–Crippen LogP) is 3.68. The Morgan fingerprint density at radius 1 is 1.26 bits per heavy atom. The molecule has 0 atom stereocenters. The molecular weight excluding hydrogens is 295 g/mol. The molecule has 0 bridgehead atoms. The minimum absolute atomic E-state index is 0.0582. The average molecular weight is 312 g/mol. The number of aliphatic imine (C=N–C) groups is 1. The van der Waals surface area contributed by atoms with Crippen molar-refractivity contribution in [3.05, 3.63) is 59.4 Å². The largest absolute Gasteiger partial charge is 0.497 e. The van der Waals surface area contributed by atoms with Gasteiger partial charge in [0.2, 0.25) is 0 Å². The van der Waals surface area contributed by atoms with E-state index in [1.54, 1.807) is 31.5 Å². The molecule has 3 rings (SSSR count). The summed E-state index contributed by atoms with van der Waals surface area (Å²) in [4.78, 5) is 7.20. The summed E-state index contributed by atoms with van der Waals surface area (Å²) < 4.78 is 18.7. The number of aromatic hydroxyl groups is 1. The van der Waals surface area contributed by atoms with Gasteiger partial charge in [-0.15, -0.1) is 0 Å². The van der Waals surface area contributed by atoms with E-state index in [4.69, 9.17) is 4.74 Å². The van der Waals surface area contributed by atoms with Crippen molar-refractivity contribution >= 4 is 17.1 Å². The molecule has 2 N–H and O–H groups in total. The Morgan fingerprint density at radius 3 is 2.87 bits per heavy atom. The zero-order valence-electron chi connectivity index (χ0n) is 12.7. The standard InChI is InChI=1S/C18H17FN2O2/c1-23-13-6-7-17-14(10-13)15(18(22)21-17)11-20-9-8-12-4-2-3-5-16(12)19/h2-7,10-11,21-22H,8-9H2,1H3. The number of halogens is 1. The van der Waals surface area contributed by atoms with Crippen LogP contribution in [0.3, 0.4) is 0 Å². The van der Waals surface area contributed by atoms with Crippen LogP contribution in [0.15, 0.2) is 47.5 Å². The minimum atomic E-state index is -0.220. The first-order chi connectivity index (χ1) is 11.2. The van der Waals surface area contributed by atoms with E-state index in [-0.39, 0.29) is 11.7 Å². The molecule has 0 unspecified atom stereocenters. The van der Waals surface area contributed by atoms with Gasteiger partial charge in [-0.3, -0.25) is 4.99 Å². The van der Waals surface area contributed by atoms with E-state index in [2.05, 4.69) is 9.98 Å². The van der Waals surface area contributed by atoms with Gasteiger partial charge in [-0.1, -0.05) is 18.2 Å². The summed E-state index contributed by atoms with van der Waals surface area (Å²) in [5.74, 6) is 0.544. The Labute approximate surface area is 133 Å². The molecule has 0 fully saturated rings. The molecule has 0 radical (unpaired) electrons. The molecule has 0 saturated carbocycles. The molecule has 23 heavy (non-hydrogen) atoms. The molecule has 0 spiro atoms. The zero-order valence-corrected chi connectivity index (χ0v) is 12.7. The van der Waals surface area contributed by atoms with E-state index in [0.29, 0.717) is 29.8 Å². The number of ether oxygens (including phenoxy) is 1. The minimum Gasteiger partial charge on any atom is -0.497 e. The fourth-order valence-electron chi connectivity index (χ4n) is 2.48. The van der Waals surface area contributed by atoms with Crippen LogP contribution in [0.4, 0.5) is 4.39 Å². The number of aromatic nitrogens is 1. The van der Waals surface area contributed by atoms with Crippen LogP contribution in [-0.2, 0) is 6.42 Å². The van der Waals surface area contributed by atoms with Crippen molar-refractivity contribution in [1.29, 1.82) is 0 Å². The van der Waals surface area contributed by atoms with Crippen LogP contribution in [0.5, 0.6) is 11.6 Å². The van der Waals surface area contributed by atoms with E-state index >= 15 is 0 Å². The van der Waals surface area contributed by atoms with Crippen LogP contribution in [0.25, 0.3) is 10.9 Å². The second-order valence-electron chi connectivity index (χ2n) is 5.18. The van der Waals surface area contributed by atoms with Crippen LogP contribution in [-0.4, -0.2) is 30.0 Å². The van der Waals surface area contributed by atoms with Gasteiger partial charge >= 0.3 is 0 Å². The highest BCUT2D eigenvalue weighted by Crippen LogP contribution is 2.28. The Morgan fingerprint density at radius 2 is 2.09 bits per heavy atom.